The molecule has 5 heteroatoms. The van der Waals surface area contributed by atoms with E-state index >= 15 is 0 Å². The van der Waals surface area contributed by atoms with Gasteiger partial charge in [-0.2, -0.15) is 0 Å². The highest BCUT2D eigenvalue weighted by Gasteiger charge is 2.12. The average molecular weight is 334 g/mol. The van der Waals surface area contributed by atoms with Crippen molar-refractivity contribution in [2.24, 2.45) is 0 Å². The minimum absolute atomic E-state index is 0.409. The van der Waals surface area contributed by atoms with Crippen LogP contribution in [0.1, 0.15) is 21.5 Å². The molecule has 0 aromatic heterocycles. The summed E-state index contributed by atoms with van der Waals surface area (Å²) in [6.07, 6.45) is 0. The minimum Gasteiger partial charge on any atom is -0.492 e. The van der Waals surface area contributed by atoms with Crippen LogP contribution < -0.4 is 10.1 Å². The second-order valence-corrected chi connectivity index (χ2v) is 5.72. The highest BCUT2D eigenvalue weighted by Crippen LogP contribution is 2.21. The number of hydrogen-bond donors (Lipinski definition) is 1. The lowest BCUT2D eigenvalue weighted by Gasteiger charge is -2.12. The van der Waals surface area contributed by atoms with Crippen molar-refractivity contribution in [3.8, 4) is 5.75 Å². The Labute approximate surface area is 141 Å². The first-order valence-corrected chi connectivity index (χ1v) is 7.70. The summed E-state index contributed by atoms with van der Waals surface area (Å²) < 4.78 is 10.5. The van der Waals surface area contributed by atoms with E-state index in [0.29, 0.717) is 29.4 Å². The van der Waals surface area contributed by atoms with Crippen molar-refractivity contribution in [1.29, 1.82) is 0 Å². The fourth-order valence-electron chi connectivity index (χ4n) is 2.32. The van der Waals surface area contributed by atoms with E-state index in [1.54, 1.807) is 18.2 Å². The third-order valence-corrected chi connectivity index (χ3v) is 3.50. The van der Waals surface area contributed by atoms with E-state index < -0.39 is 5.97 Å². The van der Waals surface area contributed by atoms with Gasteiger partial charge in [-0.25, -0.2) is 4.79 Å². The van der Waals surface area contributed by atoms with Gasteiger partial charge in [0.15, 0.2) is 0 Å². The van der Waals surface area contributed by atoms with Crippen LogP contribution in [0.15, 0.2) is 36.4 Å². The van der Waals surface area contributed by atoms with Crippen LogP contribution in [-0.2, 0) is 4.74 Å². The van der Waals surface area contributed by atoms with Gasteiger partial charge in [0.1, 0.15) is 12.4 Å². The van der Waals surface area contributed by atoms with Gasteiger partial charge in [0, 0.05) is 17.3 Å². The van der Waals surface area contributed by atoms with Crippen LogP contribution in [0.25, 0.3) is 0 Å². The zero-order valence-electron chi connectivity index (χ0n) is 13.5. The Hall–Kier alpha value is -2.20. The molecule has 0 atom stereocenters. The molecule has 0 fully saturated rings. The van der Waals surface area contributed by atoms with Crippen LogP contribution >= 0.6 is 11.6 Å². The SMILES string of the molecule is COC(=O)c1cc(Cl)ccc1NCCOc1cc(C)cc(C)c1. The zero-order valence-corrected chi connectivity index (χ0v) is 14.2. The van der Waals surface area contributed by atoms with Gasteiger partial charge >= 0.3 is 5.97 Å². The van der Waals surface area contributed by atoms with Crippen molar-refractivity contribution in [2.75, 3.05) is 25.6 Å². The van der Waals surface area contributed by atoms with Crippen LogP contribution in [-0.4, -0.2) is 26.2 Å². The number of methoxy groups -OCH3 is 1. The van der Waals surface area contributed by atoms with Gasteiger partial charge in [-0.15, -0.1) is 0 Å². The number of rotatable bonds is 6. The molecule has 0 bridgehead atoms. The second kappa shape index (κ2) is 7.88. The molecule has 4 nitrogen and oxygen atoms in total. The third kappa shape index (κ3) is 4.89. The Kier molecular flexibility index (Phi) is 5.88. The molecule has 2 aromatic rings. The molecule has 0 aliphatic heterocycles. The van der Waals surface area contributed by atoms with Crippen LogP contribution in [0.5, 0.6) is 5.75 Å². The van der Waals surface area contributed by atoms with Crippen LogP contribution in [0.4, 0.5) is 5.69 Å². The van der Waals surface area contributed by atoms with Crippen LogP contribution in [0.3, 0.4) is 0 Å². The fourth-order valence-corrected chi connectivity index (χ4v) is 2.49. The quantitative estimate of drug-likeness (QED) is 0.634. The first-order valence-electron chi connectivity index (χ1n) is 7.32. The van der Waals surface area contributed by atoms with Crippen molar-refractivity contribution in [2.45, 2.75) is 13.8 Å². The molecule has 0 radical (unpaired) electrons. The Bertz CT molecular complexity index is 680. The minimum atomic E-state index is -0.426. The Morgan fingerprint density at radius 1 is 1.13 bits per heavy atom. The van der Waals surface area contributed by atoms with E-state index in [0.717, 1.165) is 5.75 Å². The standard InChI is InChI=1S/C18H20ClNO3/c1-12-8-13(2)10-15(9-12)23-7-6-20-17-5-4-14(19)11-16(17)18(21)22-3/h4-5,8-11,20H,6-7H2,1-3H3. The lowest BCUT2D eigenvalue weighted by Crippen LogP contribution is -2.14. The number of carbonyl (C=O) groups is 1. The van der Waals surface area contributed by atoms with Crippen molar-refractivity contribution >= 4 is 23.3 Å². The number of carbonyl (C=O) groups excluding carboxylic acids is 1. The Morgan fingerprint density at radius 3 is 2.48 bits per heavy atom. The van der Waals surface area contributed by atoms with Gasteiger partial charge in [-0.05, 0) is 55.3 Å². The summed E-state index contributed by atoms with van der Waals surface area (Å²) in [7, 11) is 1.34. The lowest BCUT2D eigenvalue weighted by atomic mass is 10.1. The molecule has 0 aliphatic carbocycles. The van der Waals surface area contributed by atoms with Crippen molar-refractivity contribution in [3.05, 3.63) is 58.1 Å². The van der Waals surface area contributed by atoms with Gasteiger partial charge in [-0.3, -0.25) is 0 Å². The van der Waals surface area contributed by atoms with Crippen molar-refractivity contribution < 1.29 is 14.3 Å². The topological polar surface area (TPSA) is 47.6 Å². The predicted octanol–water partition coefficient (Wildman–Crippen LogP) is 4.23. The number of nitrogens with one attached hydrogen (secondary N) is 1. The monoisotopic (exact) mass is 333 g/mol. The van der Waals surface area contributed by atoms with E-state index in [1.807, 2.05) is 26.0 Å². The summed E-state index contributed by atoms with van der Waals surface area (Å²) in [5, 5.41) is 3.66. The normalized spacial score (nSPS) is 10.3. The third-order valence-electron chi connectivity index (χ3n) is 3.27. The molecule has 2 aromatic carbocycles. The molecule has 0 saturated carbocycles. The Balaban J connectivity index is 1.95. The fraction of sp³-hybridized carbons (Fsp3) is 0.278. The van der Waals surface area contributed by atoms with Gasteiger partial charge in [0.2, 0.25) is 0 Å². The number of halogens is 1. The number of ether oxygens (including phenoxy) is 2. The maximum absolute atomic E-state index is 11.8. The molecule has 23 heavy (non-hydrogen) atoms. The van der Waals surface area contributed by atoms with Crippen LogP contribution in [0.2, 0.25) is 5.02 Å². The van der Waals surface area contributed by atoms with Crippen molar-refractivity contribution in [1.82, 2.24) is 0 Å². The number of hydrogen-bond acceptors (Lipinski definition) is 4. The smallest absolute Gasteiger partial charge is 0.340 e. The molecule has 0 unspecified atom stereocenters. The maximum atomic E-state index is 11.8. The van der Waals surface area contributed by atoms with Gasteiger partial charge in [0.05, 0.1) is 12.7 Å². The van der Waals surface area contributed by atoms with Gasteiger partial charge in [-0.1, -0.05) is 17.7 Å². The first kappa shape index (κ1) is 17.2. The number of anilines is 1. The second-order valence-electron chi connectivity index (χ2n) is 5.28. The molecule has 122 valence electrons. The number of aryl methyl sites for hydroxylation is 2. The summed E-state index contributed by atoms with van der Waals surface area (Å²) in [4.78, 5) is 11.8. The predicted molar refractivity (Wildman–Crippen MR) is 92.7 cm³/mol. The maximum Gasteiger partial charge on any atom is 0.340 e. The molecule has 2 rings (SSSR count). The first-order chi connectivity index (χ1) is 11.0. The van der Waals surface area contributed by atoms with E-state index in [4.69, 9.17) is 21.1 Å². The summed E-state index contributed by atoms with van der Waals surface area (Å²) in [6.45, 7) is 5.10. The van der Waals surface area contributed by atoms with E-state index in [2.05, 4.69) is 11.4 Å². The highest BCUT2D eigenvalue weighted by molar-refractivity contribution is 6.31. The van der Waals surface area contributed by atoms with E-state index in [9.17, 15) is 4.79 Å². The summed E-state index contributed by atoms with van der Waals surface area (Å²) in [5.74, 6) is 0.416. The summed E-state index contributed by atoms with van der Waals surface area (Å²) in [6, 6.07) is 11.2. The van der Waals surface area contributed by atoms with E-state index in [1.165, 1.54) is 18.2 Å². The number of esters is 1. The largest absolute Gasteiger partial charge is 0.492 e. The average Bonchev–Trinajstić information content (AvgIpc) is 2.51. The van der Waals surface area contributed by atoms with Crippen LogP contribution in [0, 0.1) is 13.8 Å². The molecule has 1 N–H and O–H groups in total. The summed E-state index contributed by atoms with van der Waals surface area (Å²) >= 11 is 5.93. The molecular formula is C18H20ClNO3. The van der Waals surface area contributed by atoms with Gasteiger partial charge in [0.25, 0.3) is 0 Å². The molecular weight excluding hydrogens is 314 g/mol. The molecule has 0 saturated heterocycles. The molecule has 0 spiro atoms. The van der Waals surface area contributed by atoms with Crippen molar-refractivity contribution in [3.63, 3.8) is 0 Å². The zero-order chi connectivity index (χ0) is 16.8. The number of benzene rings is 2. The van der Waals surface area contributed by atoms with E-state index in [-0.39, 0.29) is 0 Å². The van der Waals surface area contributed by atoms with Gasteiger partial charge < -0.3 is 14.8 Å². The molecule has 0 amide bonds. The molecule has 0 heterocycles. The Morgan fingerprint density at radius 2 is 1.83 bits per heavy atom. The molecule has 0 aliphatic rings. The highest BCUT2D eigenvalue weighted by atomic mass is 35.5. The lowest BCUT2D eigenvalue weighted by molar-refractivity contribution is 0.0602. The summed E-state index contributed by atoms with van der Waals surface area (Å²) in [5.41, 5.74) is 3.41.